The molecule has 1 rings (SSSR count). The maximum atomic E-state index is 5.64. The van der Waals surface area contributed by atoms with Crippen molar-refractivity contribution in [3.63, 3.8) is 0 Å². The lowest BCUT2D eigenvalue weighted by Crippen LogP contribution is -2.11. The molecule has 0 heterocycles. The highest BCUT2D eigenvalue weighted by Crippen LogP contribution is 2.25. The molecular weight excluding hydrogens is 220 g/mol. The van der Waals surface area contributed by atoms with Crippen LogP contribution in [0.15, 0.2) is 22.7 Å². The molecule has 4 heteroatoms. The maximum absolute atomic E-state index is 5.64. The summed E-state index contributed by atoms with van der Waals surface area (Å²) in [6.07, 6.45) is 0. The lowest BCUT2D eigenvalue weighted by Gasteiger charge is -2.07. The predicted molar refractivity (Wildman–Crippen MR) is 53.1 cm³/mol. The van der Waals surface area contributed by atoms with Gasteiger partial charge in [-0.2, -0.15) is 0 Å². The van der Waals surface area contributed by atoms with Gasteiger partial charge in [-0.05, 0) is 18.2 Å². The van der Waals surface area contributed by atoms with Gasteiger partial charge >= 0.3 is 0 Å². The zero-order valence-corrected chi connectivity index (χ0v) is 8.17. The van der Waals surface area contributed by atoms with E-state index in [9.17, 15) is 0 Å². The zero-order chi connectivity index (χ0) is 8.97. The third-order valence-electron chi connectivity index (χ3n) is 1.35. The van der Waals surface area contributed by atoms with E-state index in [1.54, 1.807) is 6.07 Å². The highest BCUT2D eigenvalue weighted by atomic mass is 79.9. The van der Waals surface area contributed by atoms with Crippen molar-refractivity contribution in [3.05, 3.63) is 22.7 Å². The Bertz CT molecular complexity index is 265. The van der Waals surface area contributed by atoms with Gasteiger partial charge in [-0.15, -0.1) is 0 Å². The molecule has 0 aliphatic heterocycles. The molecule has 0 spiro atoms. The molecule has 1 aromatic rings. The highest BCUT2D eigenvalue weighted by molar-refractivity contribution is 9.10. The van der Waals surface area contributed by atoms with Crippen molar-refractivity contribution in [2.45, 2.75) is 0 Å². The molecule has 0 unspecified atom stereocenters. The third kappa shape index (κ3) is 2.39. The van der Waals surface area contributed by atoms with E-state index < -0.39 is 0 Å². The fraction of sp³-hybridized carbons (Fsp3) is 0.250. The molecule has 0 atom stereocenters. The molecule has 3 nitrogen and oxygen atoms in total. The average molecular weight is 231 g/mol. The van der Waals surface area contributed by atoms with Crippen LogP contribution in [0.2, 0.25) is 0 Å². The Hall–Kier alpha value is -0.740. The van der Waals surface area contributed by atoms with E-state index in [2.05, 4.69) is 15.9 Å². The SMILES string of the molecule is NCCOc1cc(Br)ccc1N. The van der Waals surface area contributed by atoms with Crippen LogP contribution in [0.4, 0.5) is 5.69 Å². The number of hydrogen-bond acceptors (Lipinski definition) is 3. The van der Waals surface area contributed by atoms with Crippen molar-refractivity contribution < 1.29 is 4.74 Å². The fourth-order valence-electron chi connectivity index (χ4n) is 0.802. The second kappa shape index (κ2) is 4.33. The molecule has 0 bridgehead atoms. The summed E-state index contributed by atoms with van der Waals surface area (Å²) in [5, 5.41) is 0. The summed E-state index contributed by atoms with van der Waals surface area (Å²) in [7, 11) is 0. The number of ether oxygens (including phenoxy) is 1. The summed E-state index contributed by atoms with van der Waals surface area (Å²) < 4.78 is 6.23. The third-order valence-corrected chi connectivity index (χ3v) is 1.84. The van der Waals surface area contributed by atoms with E-state index in [-0.39, 0.29) is 0 Å². The first-order valence-corrected chi connectivity index (χ1v) is 4.41. The monoisotopic (exact) mass is 230 g/mol. The van der Waals surface area contributed by atoms with Crippen LogP contribution < -0.4 is 16.2 Å². The van der Waals surface area contributed by atoms with E-state index in [0.717, 1.165) is 4.47 Å². The summed E-state index contributed by atoms with van der Waals surface area (Å²) in [5.74, 6) is 0.676. The van der Waals surface area contributed by atoms with Crippen LogP contribution >= 0.6 is 15.9 Å². The number of nitrogen functional groups attached to an aromatic ring is 1. The van der Waals surface area contributed by atoms with Gasteiger partial charge in [-0.1, -0.05) is 15.9 Å². The second-order valence-corrected chi connectivity index (χ2v) is 3.23. The van der Waals surface area contributed by atoms with Crippen LogP contribution in [-0.4, -0.2) is 13.2 Å². The molecule has 1 aromatic carbocycles. The Labute approximate surface area is 79.8 Å². The summed E-state index contributed by atoms with van der Waals surface area (Å²) in [6.45, 7) is 0.979. The lowest BCUT2D eigenvalue weighted by molar-refractivity contribution is 0.330. The Morgan fingerprint density at radius 2 is 2.17 bits per heavy atom. The fourth-order valence-corrected chi connectivity index (χ4v) is 1.14. The molecule has 66 valence electrons. The first kappa shape index (κ1) is 9.35. The van der Waals surface area contributed by atoms with Crippen LogP contribution in [0.25, 0.3) is 0 Å². The van der Waals surface area contributed by atoms with Gasteiger partial charge in [0.15, 0.2) is 0 Å². The van der Waals surface area contributed by atoms with Crippen molar-refractivity contribution in [1.82, 2.24) is 0 Å². The Kier molecular flexibility index (Phi) is 3.37. The Morgan fingerprint density at radius 1 is 1.42 bits per heavy atom. The molecule has 0 aromatic heterocycles. The summed E-state index contributed by atoms with van der Waals surface area (Å²) in [4.78, 5) is 0. The van der Waals surface area contributed by atoms with Crippen molar-refractivity contribution in [3.8, 4) is 5.75 Å². The quantitative estimate of drug-likeness (QED) is 0.772. The number of anilines is 1. The van der Waals surface area contributed by atoms with Crippen LogP contribution in [-0.2, 0) is 0 Å². The van der Waals surface area contributed by atoms with E-state index in [4.69, 9.17) is 16.2 Å². The van der Waals surface area contributed by atoms with Gasteiger partial charge in [0.25, 0.3) is 0 Å². The van der Waals surface area contributed by atoms with Crippen molar-refractivity contribution in [1.29, 1.82) is 0 Å². The molecule has 12 heavy (non-hydrogen) atoms. The molecule has 0 aliphatic rings. The van der Waals surface area contributed by atoms with Gasteiger partial charge in [0, 0.05) is 11.0 Å². The molecule has 0 radical (unpaired) electrons. The normalized spacial score (nSPS) is 9.83. The van der Waals surface area contributed by atoms with Gasteiger partial charge < -0.3 is 16.2 Å². The van der Waals surface area contributed by atoms with E-state index >= 15 is 0 Å². The van der Waals surface area contributed by atoms with Gasteiger partial charge in [0.2, 0.25) is 0 Å². The summed E-state index contributed by atoms with van der Waals surface area (Å²) in [6, 6.07) is 5.48. The largest absolute Gasteiger partial charge is 0.490 e. The van der Waals surface area contributed by atoms with Gasteiger partial charge in [-0.3, -0.25) is 0 Å². The van der Waals surface area contributed by atoms with Crippen LogP contribution in [0.1, 0.15) is 0 Å². The number of benzene rings is 1. The molecule has 0 saturated heterocycles. The topological polar surface area (TPSA) is 61.3 Å². The van der Waals surface area contributed by atoms with Gasteiger partial charge in [0.1, 0.15) is 12.4 Å². The van der Waals surface area contributed by atoms with E-state index in [1.807, 2.05) is 12.1 Å². The average Bonchev–Trinajstić information content (AvgIpc) is 2.07. The minimum Gasteiger partial charge on any atom is -0.490 e. The highest BCUT2D eigenvalue weighted by Gasteiger charge is 1.99. The molecule has 0 amide bonds. The first-order valence-electron chi connectivity index (χ1n) is 3.62. The molecule has 0 fully saturated rings. The number of rotatable bonds is 3. The van der Waals surface area contributed by atoms with Crippen molar-refractivity contribution in [2.24, 2.45) is 5.73 Å². The lowest BCUT2D eigenvalue weighted by atomic mass is 10.3. The first-order chi connectivity index (χ1) is 5.74. The zero-order valence-electron chi connectivity index (χ0n) is 6.59. The van der Waals surface area contributed by atoms with Crippen LogP contribution in [0.3, 0.4) is 0 Å². The summed E-state index contributed by atoms with van der Waals surface area (Å²) >= 11 is 3.32. The van der Waals surface area contributed by atoms with E-state index in [1.165, 1.54) is 0 Å². The Balaban J connectivity index is 2.75. The summed E-state index contributed by atoms with van der Waals surface area (Å²) in [5.41, 5.74) is 11.6. The van der Waals surface area contributed by atoms with E-state index in [0.29, 0.717) is 24.6 Å². The van der Waals surface area contributed by atoms with Gasteiger partial charge in [-0.25, -0.2) is 0 Å². The maximum Gasteiger partial charge on any atom is 0.143 e. The Morgan fingerprint density at radius 3 is 2.83 bits per heavy atom. The molecule has 0 aliphatic carbocycles. The minimum atomic E-state index is 0.487. The smallest absolute Gasteiger partial charge is 0.143 e. The molecule has 0 saturated carbocycles. The molecule has 4 N–H and O–H groups in total. The van der Waals surface area contributed by atoms with Crippen molar-refractivity contribution >= 4 is 21.6 Å². The number of hydrogen-bond donors (Lipinski definition) is 2. The van der Waals surface area contributed by atoms with Crippen LogP contribution in [0, 0.1) is 0 Å². The molecular formula is C8H11BrN2O. The van der Waals surface area contributed by atoms with Gasteiger partial charge in [0.05, 0.1) is 5.69 Å². The number of halogens is 1. The minimum absolute atomic E-state index is 0.487. The van der Waals surface area contributed by atoms with Crippen LogP contribution in [0.5, 0.6) is 5.75 Å². The standard InChI is InChI=1S/C8H11BrN2O/c9-6-1-2-7(11)8(5-6)12-4-3-10/h1-2,5H,3-4,10-11H2. The second-order valence-electron chi connectivity index (χ2n) is 2.32. The predicted octanol–water partition coefficient (Wildman–Crippen LogP) is 1.37. The number of nitrogens with two attached hydrogens (primary N) is 2. The van der Waals surface area contributed by atoms with Crippen molar-refractivity contribution in [2.75, 3.05) is 18.9 Å².